The van der Waals surface area contributed by atoms with E-state index in [-0.39, 0.29) is 12.7 Å². The van der Waals surface area contributed by atoms with Crippen molar-refractivity contribution in [1.29, 1.82) is 0 Å². The minimum atomic E-state index is -0.565. The van der Waals surface area contributed by atoms with Crippen molar-refractivity contribution in [3.63, 3.8) is 0 Å². The summed E-state index contributed by atoms with van der Waals surface area (Å²) in [5.41, 5.74) is 8.44. The number of benzene rings is 3. The van der Waals surface area contributed by atoms with E-state index >= 15 is 0 Å². The van der Waals surface area contributed by atoms with Crippen LogP contribution in [0.15, 0.2) is 60.7 Å². The summed E-state index contributed by atoms with van der Waals surface area (Å²) in [7, 11) is 1.59. The standard InChI is InChI=1S/C25H22N2O5/c1-30-20-9-7-18(13-19(20)15-2-4-16(5-3-15)23(26)28)27-24(29)25(10-11-25)17-6-8-21-22(12-17)32-14-31-21/h2-9,12-13H,10-11,14H2,1H3,(H2,26,28)(H,27,29). The summed E-state index contributed by atoms with van der Waals surface area (Å²) < 4.78 is 16.4. The smallest absolute Gasteiger partial charge is 0.248 e. The Hall–Kier alpha value is -4.00. The van der Waals surface area contributed by atoms with Gasteiger partial charge in [0.15, 0.2) is 11.5 Å². The number of carbonyl (C=O) groups is 2. The lowest BCUT2D eigenvalue weighted by atomic mass is 9.94. The van der Waals surface area contributed by atoms with Crippen LogP contribution in [0.25, 0.3) is 11.1 Å². The van der Waals surface area contributed by atoms with Gasteiger partial charge in [0, 0.05) is 16.8 Å². The summed E-state index contributed by atoms with van der Waals surface area (Å²) in [6.45, 7) is 0.201. The molecule has 2 aliphatic rings. The Balaban J connectivity index is 1.41. The second kappa shape index (κ2) is 7.60. The Morgan fingerprint density at radius 1 is 0.969 bits per heavy atom. The van der Waals surface area contributed by atoms with Gasteiger partial charge in [0.25, 0.3) is 0 Å². The van der Waals surface area contributed by atoms with Crippen molar-refractivity contribution in [1.82, 2.24) is 0 Å². The van der Waals surface area contributed by atoms with Gasteiger partial charge in [-0.15, -0.1) is 0 Å². The van der Waals surface area contributed by atoms with E-state index in [9.17, 15) is 9.59 Å². The number of anilines is 1. The zero-order valence-corrected chi connectivity index (χ0v) is 17.5. The molecule has 0 unspecified atom stereocenters. The Morgan fingerprint density at radius 2 is 1.72 bits per heavy atom. The van der Waals surface area contributed by atoms with Crippen LogP contribution in [0.1, 0.15) is 28.8 Å². The molecule has 0 spiro atoms. The lowest BCUT2D eigenvalue weighted by Crippen LogP contribution is -2.27. The topological polar surface area (TPSA) is 99.9 Å². The summed E-state index contributed by atoms with van der Waals surface area (Å²) in [6.07, 6.45) is 1.55. The predicted molar refractivity (Wildman–Crippen MR) is 119 cm³/mol. The van der Waals surface area contributed by atoms with Crippen molar-refractivity contribution in [2.45, 2.75) is 18.3 Å². The average Bonchev–Trinajstić information content (AvgIpc) is 3.50. The maximum absolute atomic E-state index is 13.3. The van der Waals surface area contributed by atoms with Gasteiger partial charge in [-0.3, -0.25) is 9.59 Å². The zero-order valence-electron chi connectivity index (χ0n) is 17.5. The van der Waals surface area contributed by atoms with E-state index in [1.165, 1.54) is 0 Å². The Bertz CT molecular complexity index is 1220. The summed E-state index contributed by atoms with van der Waals surface area (Å²) in [5.74, 6) is 1.49. The highest BCUT2D eigenvalue weighted by molar-refractivity contribution is 6.02. The number of hydrogen-bond acceptors (Lipinski definition) is 5. The molecule has 7 nitrogen and oxygen atoms in total. The number of nitrogens with two attached hydrogens (primary N) is 1. The molecule has 3 aromatic rings. The van der Waals surface area contributed by atoms with Crippen LogP contribution >= 0.6 is 0 Å². The van der Waals surface area contributed by atoms with E-state index in [2.05, 4.69) is 5.32 Å². The van der Waals surface area contributed by atoms with Crippen LogP contribution in [0.5, 0.6) is 17.2 Å². The third kappa shape index (κ3) is 3.41. The second-order valence-corrected chi connectivity index (χ2v) is 7.96. The maximum atomic E-state index is 13.3. The summed E-state index contributed by atoms with van der Waals surface area (Å²) >= 11 is 0. The minimum Gasteiger partial charge on any atom is -0.496 e. The maximum Gasteiger partial charge on any atom is 0.248 e. The van der Waals surface area contributed by atoms with Crippen molar-refractivity contribution < 1.29 is 23.8 Å². The number of ether oxygens (including phenoxy) is 3. The van der Waals surface area contributed by atoms with E-state index in [1.807, 2.05) is 36.4 Å². The third-order valence-electron chi connectivity index (χ3n) is 6.05. The Morgan fingerprint density at radius 3 is 2.41 bits per heavy atom. The molecule has 32 heavy (non-hydrogen) atoms. The molecule has 5 rings (SSSR count). The number of fused-ring (bicyclic) bond motifs is 1. The van der Waals surface area contributed by atoms with Crippen LogP contribution in [0, 0.1) is 0 Å². The monoisotopic (exact) mass is 430 g/mol. The summed E-state index contributed by atoms with van der Waals surface area (Å²) in [4.78, 5) is 24.6. The van der Waals surface area contributed by atoms with Crippen LogP contribution in [0.3, 0.4) is 0 Å². The molecular formula is C25H22N2O5. The second-order valence-electron chi connectivity index (χ2n) is 7.96. The molecule has 162 valence electrons. The van der Waals surface area contributed by atoms with Crippen LogP contribution in [0.4, 0.5) is 5.69 Å². The van der Waals surface area contributed by atoms with Crippen LogP contribution in [0.2, 0.25) is 0 Å². The van der Waals surface area contributed by atoms with Crippen molar-refractivity contribution in [2.75, 3.05) is 19.2 Å². The number of methoxy groups -OCH3 is 1. The van der Waals surface area contributed by atoms with Crippen molar-refractivity contribution in [2.24, 2.45) is 5.73 Å². The first-order valence-corrected chi connectivity index (χ1v) is 10.3. The van der Waals surface area contributed by atoms with Crippen molar-refractivity contribution in [3.8, 4) is 28.4 Å². The van der Waals surface area contributed by atoms with Crippen LogP contribution in [-0.4, -0.2) is 25.7 Å². The number of hydrogen-bond donors (Lipinski definition) is 2. The minimum absolute atomic E-state index is 0.0587. The molecule has 1 aliphatic heterocycles. The van der Waals surface area contributed by atoms with Gasteiger partial charge in [-0.05, 0) is 66.4 Å². The molecule has 0 bridgehead atoms. The van der Waals surface area contributed by atoms with Gasteiger partial charge in [-0.25, -0.2) is 0 Å². The fourth-order valence-corrected chi connectivity index (χ4v) is 4.04. The van der Waals surface area contributed by atoms with E-state index in [1.54, 1.807) is 31.4 Å². The third-order valence-corrected chi connectivity index (χ3v) is 6.05. The molecule has 1 aliphatic carbocycles. The largest absolute Gasteiger partial charge is 0.496 e. The van der Waals surface area contributed by atoms with Gasteiger partial charge in [-0.1, -0.05) is 18.2 Å². The Labute approximate surface area is 185 Å². The Kier molecular flexibility index (Phi) is 4.74. The summed E-state index contributed by atoms with van der Waals surface area (Å²) in [5, 5.41) is 3.06. The van der Waals surface area contributed by atoms with E-state index in [0.29, 0.717) is 28.5 Å². The molecule has 1 saturated carbocycles. The van der Waals surface area contributed by atoms with Crippen LogP contribution in [-0.2, 0) is 10.2 Å². The molecule has 3 aromatic carbocycles. The van der Waals surface area contributed by atoms with E-state index in [4.69, 9.17) is 19.9 Å². The molecule has 0 radical (unpaired) electrons. The van der Waals surface area contributed by atoms with Gasteiger partial charge in [-0.2, -0.15) is 0 Å². The highest BCUT2D eigenvalue weighted by atomic mass is 16.7. The number of carbonyl (C=O) groups excluding carboxylic acids is 2. The first-order valence-electron chi connectivity index (χ1n) is 10.3. The molecule has 0 atom stereocenters. The summed E-state index contributed by atoms with van der Waals surface area (Å²) in [6, 6.07) is 18.1. The fourth-order valence-electron chi connectivity index (χ4n) is 4.04. The molecule has 2 amide bonds. The van der Waals surface area contributed by atoms with E-state index < -0.39 is 11.3 Å². The van der Waals surface area contributed by atoms with E-state index in [0.717, 1.165) is 29.5 Å². The molecule has 1 heterocycles. The van der Waals surface area contributed by atoms with Crippen molar-refractivity contribution in [3.05, 3.63) is 71.8 Å². The highest BCUT2D eigenvalue weighted by Gasteiger charge is 2.51. The molecule has 3 N–H and O–H groups in total. The van der Waals surface area contributed by atoms with Crippen molar-refractivity contribution >= 4 is 17.5 Å². The SMILES string of the molecule is COc1ccc(NC(=O)C2(c3ccc4c(c3)OCO4)CC2)cc1-c1ccc(C(N)=O)cc1. The van der Waals surface area contributed by atoms with Gasteiger partial charge in [0.05, 0.1) is 12.5 Å². The van der Waals surface area contributed by atoms with Gasteiger partial charge >= 0.3 is 0 Å². The lowest BCUT2D eigenvalue weighted by Gasteiger charge is -2.17. The van der Waals surface area contributed by atoms with Crippen LogP contribution < -0.4 is 25.3 Å². The normalized spacial score (nSPS) is 15.2. The number of amides is 2. The predicted octanol–water partition coefficient (Wildman–Crippen LogP) is 3.86. The molecule has 0 aromatic heterocycles. The zero-order chi connectivity index (χ0) is 22.3. The number of nitrogens with one attached hydrogen (secondary N) is 1. The van der Waals surface area contributed by atoms with Gasteiger partial charge in [0.1, 0.15) is 5.75 Å². The highest BCUT2D eigenvalue weighted by Crippen LogP contribution is 2.51. The quantitative estimate of drug-likeness (QED) is 0.619. The first kappa shape index (κ1) is 19.9. The molecule has 1 fully saturated rings. The number of primary amides is 1. The molecular weight excluding hydrogens is 408 g/mol. The van der Waals surface area contributed by atoms with Gasteiger partial charge in [0.2, 0.25) is 18.6 Å². The number of rotatable bonds is 6. The molecule has 0 saturated heterocycles. The lowest BCUT2D eigenvalue weighted by molar-refractivity contribution is -0.118. The van der Waals surface area contributed by atoms with Gasteiger partial charge < -0.3 is 25.3 Å². The fraction of sp³-hybridized carbons (Fsp3) is 0.200. The first-order chi connectivity index (χ1) is 15.5. The average molecular weight is 430 g/mol. The molecule has 7 heteroatoms.